The monoisotopic (exact) mass is 423 g/mol. The lowest BCUT2D eigenvalue weighted by Gasteiger charge is -2.45. The third kappa shape index (κ3) is 5.03. The van der Waals surface area contributed by atoms with Gasteiger partial charge in [-0.2, -0.15) is 5.26 Å². The fourth-order valence-corrected chi connectivity index (χ4v) is 6.64. The zero-order chi connectivity index (χ0) is 21.8. The highest BCUT2D eigenvalue weighted by Crippen LogP contribution is 2.50. The van der Waals surface area contributed by atoms with Gasteiger partial charge in [-0.15, -0.1) is 0 Å². The molecule has 3 fully saturated rings. The maximum Gasteiger partial charge on any atom is 0.314 e. The second-order valence-corrected chi connectivity index (χ2v) is 9.91. The Bertz CT molecular complexity index is 849. The Morgan fingerprint density at radius 3 is 2.55 bits per heavy atom. The van der Waals surface area contributed by atoms with Gasteiger partial charge in [0.2, 0.25) is 0 Å². The van der Waals surface area contributed by atoms with Gasteiger partial charge in [-0.25, -0.2) is 4.39 Å². The molecule has 3 aliphatic rings. The van der Waals surface area contributed by atoms with E-state index in [1.165, 1.54) is 57.1 Å². The Balaban J connectivity index is 1.35. The average molecular weight is 424 g/mol. The first-order chi connectivity index (χ1) is 15.1. The summed E-state index contributed by atoms with van der Waals surface area (Å²) in [5, 5.41) is 8.89. The topological polar surface area (TPSA) is 50.1 Å². The van der Waals surface area contributed by atoms with Gasteiger partial charge in [-0.3, -0.25) is 4.79 Å². The van der Waals surface area contributed by atoms with Crippen LogP contribution in [0.3, 0.4) is 0 Å². The number of esters is 1. The van der Waals surface area contributed by atoms with Crippen molar-refractivity contribution in [1.29, 1.82) is 5.26 Å². The van der Waals surface area contributed by atoms with Gasteiger partial charge in [0.05, 0.1) is 17.6 Å². The van der Waals surface area contributed by atoms with Crippen LogP contribution in [0.15, 0.2) is 30.4 Å². The van der Waals surface area contributed by atoms with E-state index in [9.17, 15) is 9.18 Å². The maximum absolute atomic E-state index is 14.2. The lowest BCUT2D eigenvalue weighted by atomic mass is 9.59. The van der Waals surface area contributed by atoms with E-state index in [4.69, 9.17) is 10.00 Å². The molecule has 3 aliphatic carbocycles. The number of halogens is 1. The van der Waals surface area contributed by atoms with Gasteiger partial charge in [0.15, 0.2) is 11.6 Å². The summed E-state index contributed by atoms with van der Waals surface area (Å²) >= 11 is 0. The highest BCUT2D eigenvalue weighted by Gasteiger charge is 2.43. The van der Waals surface area contributed by atoms with Gasteiger partial charge >= 0.3 is 5.97 Å². The number of nitriles is 1. The van der Waals surface area contributed by atoms with Gasteiger partial charge in [0.1, 0.15) is 0 Å². The molecule has 0 aromatic heterocycles. The van der Waals surface area contributed by atoms with E-state index in [1.54, 1.807) is 0 Å². The average Bonchev–Trinajstić information content (AvgIpc) is 2.80. The standard InChI is InChI=1S/C27H34FNO2/c1-2-4-18-7-10-20(11-8-18)21-12-13-23-22(16-21)5-3-6-24(23)27(30)31-26-14-9-19(17-29)15-25(26)28/h2,4,9,14-15,18,20-24H,3,5-8,10-13,16H2,1H3/b4-2+. The highest BCUT2D eigenvalue weighted by atomic mass is 19.1. The first-order valence-electron chi connectivity index (χ1n) is 12.1. The smallest absolute Gasteiger partial charge is 0.314 e. The van der Waals surface area contributed by atoms with Crippen LogP contribution in [0, 0.1) is 52.7 Å². The van der Waals surface area contributed by atoms with E-state index < -0.39 is 5.82 Å². The summed E-state index contributed by atoms with van der Waals surface area (Å²) in [6.07, 6.45) is 16.6. The van der Waals surface area contributed by atoms with Gasteiger partial charge in [-0.05, 0) is 106 Å². The van der Waals surface area contributed by atoms with Crippen molar-refractivity contribution in [3.8, 4) is 11.8 Å². The largest absolute Gasteiger partial charge is 0.423 e. The molecule has 0 spiro atoms. The zero-order valence-corrected chi connectivity index (χ0v) is 18.6. The van der Waals surface area contributed by atoms with E-state index >= 15 is 0 Å². The van der Waals surface area contributed by atoms with Crippen molar-refractivity contribution in [2.45, 2.75) is 71.1 Å². The normalized spacial score (nSPS) is 33.5. The quantitative estimate of drug-likeness (QED) is 0.303. The Hall–Kier alpha value is -2.15. The molecule has 3 saturated carbocycles. The SMILES string of the molecule is C/C=C/C1CCC(C2CCC3C(CCCC3C(=O)Oc3ccc(C#N)cc3F)C2)CC1. The zero-order valence-electron chi connectivity index (χ0n) is 18.6. The number of hydrogen-bond acceptors (Lipinski definition) is 3. The van der Waals surface area contributed by atoms with Gasteiger partial charge in [-0.1, -0.05) is 25.0 Å². The summed E-state index contributed by atoms with van der Waals surface area (Å²) in [6.45, 7) is 2.12. The number of allylic oxidation sites excluding steroid dienone is 2. The predicted octanol–water partition coefficient (Wildman–Crippen LogP) is 6.82. The molecule has 4 heteroatoms. The Labute approximate surface area is 185 Å². The third-order valence-corrected chi connectivity index (χ3v) is 8.21. The number of benzene rings is 1. The number of carbonyl (C=O) groups excluding carboxylic acids is 1. The molecule has 0 radical (unpaired) electrons. The molecular formula is C27H34FNO2. The van der Waals surface area contributed by atoms with Crippen LogP contribution in [0.5, 0.6) is 5.75 Å². The van der Waals surface area contributed by atoms with Crippen molar-refractivity contribution < 1.29 is 13.9 Å². The summed E-state index contributed by atoms with van der Waals surface area (Å²) in [7, 11) is 0. The molecule has 0 amide bonds. The number of hydrogen-bond donors (Lipinski definition) is 0. The van der Waals surface area contributed by atoms with Crippen LogP contribution < -0.4 is 4.74 Å². The lowest BCUT2D eigenvalue weighted by Crippen LogP contribution is -2.40. The Morgan fingerprint density at radius 2 is 1.84 bits per heavy atom. The van der Waals surface area contributed by atoms with Crippen molar-refractivity contribution in [1.82, 2.24) is 0 Å². The van der Waals surface area contributed by atoms with Crippen LogP contribution in [0.1, 0.15) is 76.7 Å². The molecule has 1 aromatic carbocycles. The molecule has 166 valence electrons. The molecule has 31 heavy (non-hydrogen) atoms. The maximum atomic E-state index is 14.2. The Kier molecular flexibility index (Phi) is 7.10. The van der Waals surface area contributed by atoms with E-state index in [0.29, 0.717) is 11.8 Å². The molecule has 0 N–H and O–H groups in total. The fraction of sp³-hybridized carbons (Fsp3) is 0.630. The van der Waals surface area contributed by atoms with Crippen molar-refractivity contribution in [2.24, 2.45) is 35.5 Å². The van der Waals surface area contributed by atoms with Crippen LogP contribution in [-0.4, -0.2) is 5.97 Å². The van der Waals surface area contributed by atoms with Crippen LogP contribution >= 0.6 is 0 Å². The summed E-state index contributed by atoms with van der Waals surface area (Å²) < 4.78 is 19.7. The Morgan fingerprint density at radius 1 is 1.06 bits per heavy atom. The minimum Gasteiger partial charge on any atom is -0.423 e. The molecule has 4 unspecified atom stereocenters. The summed E-state index contributed by atoms with van der Waals surface area (Å²) in [4.78, 5) is 12.9. The molecule has 3 nitrogen and oxygen atoms in total. The van der Waals surface area contributed by atoms with E-state index in [1.807, 2.05) is 6.07 Å². The van der Waals surface area contributed by atoms with E-state index in [0.717, 1.165) is 43.1 Å². The van der Waals surface area contributed by atoms with Crippen molar-refractivity contribution in [2.75, 3.05) is 0 Å². The van der Waals surface area contributed by atoms with Gasteiger partial charge < -0.3 is 4.74 Å². The van der Waals surface area contributed by atoms with Gasteiger partial charge in [0.25, 0.3) is 0 Å². The van der Waals surface area contributed by atoms with Crippen molar-refractivity contribution in [3.63, 3.8) is 0 Å². The minimum absolute atomic E-state index is 0.0577. The second kappa shape index (κ2) is 9.98. The molecule has 0 bridgehead atoms. The van der Waals surface area contributed by atoms with Gasteiger partial charge in [0, 0.05) is 0 Å². The summed E-state index contributed by atoms with van der Waals surface area (Å²) in [5.41, 5.74) is 0.230. The molecule has 0 saturated heterocycles. The number of nitrogens with zero attached hydrogens (tertiary/aromatic N) is 1. The van der Waals surface area contributed by atoms with Crippen LogP contribution in [-0.2, 0) is 4.79 Å². The lowest BCUT2D eigenvalue weighted by molar-refractivity contribution is -0.144. The number of carbonyl (C=O) groups is 1. The van der Waals surface area contributed by atoms with Crippen LogP contribution in [0.2, 0.25) is 0 Å². The first kappa shape index (κ1) is 22.1. The number of fused-ring (bicyclic) bond motifs is 1. The fourth-order valence-electron chi connectivity index (χ4n) is 6.64. The molecule has 0 heterocycles. The third-order valence-electron chi connectivity index (χ3n) is 8.21. The molecule has 0 aliphatic heterocycles. The predicted molar refractivity (Wildman–Crippen MR) is 119 cm³/mol. The summed E-state index contributed by atoms with van der Waals surface area (Å²) in [6, 6.07) is 5.92. The molecule has 1 aromatic rings. The highest BCUT2D eigenvalue weighted by molar-refractivity contribution is 5.75. The minimum atomic E-state index is -0.642. The van der Waals surface area contributed by atoms with Crippen molar-refractivity contribution in [3.05, 3.63) is 41.7 Å². The van der Waals surface area contributed by atoms with Crippen LogP contribution in [0.25, 0.3) is 0 Å². The number of rotatable bonds is 4. The molecule has 4 atom stereocenters. The van der Waals surface area contributed by atoms with E-state index in [2.05, 4.69) is 19.1 Å². The molecular weight excluding hydrogens is 389 g/mol. The summed E-state index contributed by atoms with van der Waals surface area (Å²) in [5.74, 6) is 2.29. The van der Waals surface area contributed by atoms with E-state index in [-0.39, 0.29) is 23.2 Å². The first-order valence-corrected chi connectivity index (χ1v) is 12.1. The second-order valence-electron chi connectivity index (χ2n) is 9.91. The van der Waals surface area contributed by atoms with Crippen molar-refractivity contribution >= 4 is 5.97 Å². The molecule has 4 rings (SSSR count). The number of ether oxygens (including phenoxy) is 1. The van der Waals surface area contributed by atoms with Crippen LogP contribution in [0.4, 0.5) is 4.39 Å².